The molecule has 1 aliphatic rings. The van der Waals surface area contributed by atoms with Gasteiger partial charge in [0.15, 0.2) is 0 Å². The first kappa shape index (κ1) is 18.3. The highest BCUT2D eigenvalue weighted by Crippen LogP contribution is 2.35. The molecule has 132 valence electrons. The maximum absolute atomic E-state index is 11.9. The van der Waals surface area contributed by atoms with Gasteiger partial charge in [-0.05, 0) is 39.7 Å². The van der Waals surface area contributed by atoms with Crippen molar-refractivity contribution in [3.05, 3.63) is 27.5 Å². The summed E-state index contributed by atoms with van der Waals surface area (Å²) in [5, 5.41) is 13.9. The third-order valence-electron chi connectivity index (χ3n) is 3.51. The molecule has 9 heteroatoms. The van der Waals surface area contributed by atoms with Crippen LogP contribution in [0.1, 0.15) is 33.6 Å². The van der Waals surface area contributed by atoms with Gasteiger partial charge in [-0.3, -0.25) is 10.1 Å². The summed E-state index contributed by atoms with van der Waals surface area (Å²) >= 11 is 5.86. The zero-order valence-corrected chi connectivity index (χ0v) is 14.7. The van der Waals surface area contributed by atoms with E-state index in [4.69, 9.17) is 16.3 Å². The van der Waals surface area contributed by atoms with E-state index in [1.807, 2.05) is 25.7 Å². The first-order valence-corrected chi connectivity index (χ1v) is 8.08. The van der Waals surface area contributed by atoms with Gasteiger partial charge in [0, 0.05) is 18.3 Å². The summed E-state index contributed by atoms with van der Waals surface area (Å²) in [7, 11) is 0. The van der Waals surface area contributed by atoms with E-state index >= 15 is 0 Å². The fraction of sp³-hybridized carbons (Fsp3) is 0.600. The van der Waals surface area contributed by atoms with Crippen LogP contribution in [0.5, 0.6) is 0 Å². The van der Waals surface area contributed by atoms with Crippen LogP contribution >= 0.6 is 11.6 Å². The summed E-state index contributed by atoms with van der Waals surface area (Å²) in [5.41, 5.74) is -0.216. The average molecular weight is 357 g/mol. The molecule has 0 radical (unpaired) electrons. The fourth-order valence-corrected chi connectivity index (χ4v) is 2.81. The minimum atomic E-state index is -0.540. The van der Waals surface area contributed by atoms with E-state index in [1.54, 1.807) is 6.07 Å². The van der Waals surface area contributed by atoms with E-state index in [0.717, 1.165) is 6.42 Å². The topological polar surface area (TPSA) is 97.6 Å². The highest BCUT2D eigenvalue weighted by molar-refractivity contribution is 6.32. The Hall–Kier alpha value is -2.09. The van der Waals surface area contributed by atoms with Gasteiger partial charge in [0.2, 0.25) is 5.15 Å². The van der Waals surface area contributed by atoms with Crippen LogP contribution in [0.4, 0.5) is 16.2 Å². The second kappa shape index (κ2) is 7.21. The minimum Gasteiger partial charge on any atom is -0.444 e. The van der Waals surface area contributed by atoms with Crippen LogP contribution in [0.25, 0.3) is 0 Å². The first-order valence-electron chi connectivity index (χ1n) is 7.70. The third kappa shape index (κ3) is 4.70. The number of rotatable bonds is 3. The van der Waals surface area contributed by atoms with Crippen molar-refractivity contribution in [1.29, 1.82) is 0 Å². The molecule has 1 aromatic heterocycles. The zero-order chi connectivity index (χ0) is 17.9. The molecule has 1 saturated heterocycles. The van der Waals surface area contributed by atoms with E-state index in [0.29, 0.717) is 25.2 Å². The van der Waals surface area contributed by atoms with Crippen molar-refractivity contribution in [3.63, 3.8) is 0 Å². The molecule has 0 aliphatic carbocycles. The number of nitro groups is 1. The number of piperidine rings is 1. The van der Waals surface area contributed by atoms with E-state index in [-0.39, 0.29) is 22.5 Å². The molecule has 2 heterocycles. The van der Waals surface area contributed by atoms with Crippen LogP contribution < -0.4 is 10.2 Å². The van der Waals surface area contributed by atoms with Gasteiger partial charge in [-0.2, -0.15) is 0 Å². The number of amides is 1. The number of pyridine rings is 1. The van der Waals surface area contributed by atoms with E-state index < -0.39 is 11.0 Å². The number of carbonyl (C=O) groups is 1. The largest absolute Gasteiger partial charge is 0.444 e. The summed E-state index contributed by atoms with van der Waals surface area (Å²) in [6.45, 7) is 6.60. The Balaban J connectivity index is 2.10. The van der Waals surface area contributed by atoms with Crippen molar-refractivity contribution in [1.82, 2.24) is 10.3 Å². The van der Waals surface area contributed by atoms with Gasteiger partial charge in [0.1, 0.15) is 11.8 Å². The molecule has 1 unspecified atom stereocenters. The summed E-state index contributed by atoms with van der Waals surface area (Å²) in [4.78, 5) is 28.2. The molecular formula is C15H21ClN4O4. The average Bonchev–Trinajstić information content (AvgIpc) is 2.44. The highest BCUT2D eigenvalue weighted by Gasteiger charge is 2.30. The number of hydrogen-bond acceptors (Lipinski definition) is 6. The Kier molecular flexibility index (Phi) is 5.48. The monoisotopic (exact) mass is 356 g/mol. The molecule has 0 saturated carbocycles. The Morgan fingerprint density at radius 1 is 1.54 bits per heavy atom. The van der Waals surface area contributed by atoms with E-state index in [2.05, 4.69) is 10.3 Å². The van der Waals surface area contributed by atoms with Crippen LogP contribution in [-0.2, 0) is 4.74 Å². The quantitative estimate of drug-likeness (QED) is 0.507. The van der Waals surface area contributed by atoms with Crippen molar-refractivity contribution in [2.45, 2.75) is 45.3 Å². The van der Waals surface area contributed by atoms with Crippen molar-refractivity contribution < 1.29 is 14.5 Å². The minimum absolute atomic E-state index is 0.147. The summed E-state index contributed by atoms with van der Waals surface area (Å²) < 4.78 is 5.44. The molecule has 0 spiro atoms. The molecule has 2 rings (SSSR count). The number of aromatic nitrogens is 1. The van der Waals surface area contributed by atoms with Crippen LogP contribution in [0.2, 0.25) is 5.15 Å². The lowest BCUT2D eigenvalue weighted by Crippen LogP contribution is -2.46. The number of nitrogens with zero attached hydrogens (tertiary/aromatic N) is 3. The second-order valence-electron chi connectivity index (χ2n) is 6.72. The summed E-state index contributed by atoms with van der Waals surface area (Å²) in [6.07, 6.45) is 2.07. The van der Waals surface area contributed by atoms with Gasteiger partial charge < -0.3 is 15.0 Å². The molecule has 1 amide bonds. The van der Waals surface area contributed by atoms with Gasteiger partial charge in [0.05, 0.1) is 11.5 Å². The number of alkyl carbamates (subject to hydrolysis) is 1. The van der Waals surface area contributed by atoms with Crippen molar-refractivity contribution >= 4 is 29.1 Å². The molecule has 1 aromatic rings. The van der Waals surface area contributed by atoms with Gasteiger partial charge in [-0.25, -0.2) is 9.78 Å². The summed E-state index contributed by atoms with van der Waals surface area (Å²) in [6, 6.07) is 1.56. The SMILES string of the molecule is CC(C)(C)NC(=O)OC1CCCN(c2ccnc(Cl)c2[N+](=O)[O-])C1. The Morgan fingerprint density at radius 2 is 2.25 bits per heavy atom. The van der Waals surface area contributed by atoms with E-state index in [1.165, 1.54) is 6.20 Å². The van der Waals surface area contributed by atoms with Crippen LogP contribution in [0.3, 0.4) is 0 Å². The van der Waals surface area contributed by atoms with Gasteiger partial charge >= 0.3 is 11.8 Å². The third-order valence-corrected chi connectivity index (χ3v) is 3.79. The van der Waals surface area contributed by atoms with Gasteiger partial charge in [-0.15, -0.1) is 0 Å². The van der Waals surface area contributed by atoms with Crippen molar-refractivity contribution in [2.75, 3.05) is 18.0 Å². The molecule has 1 atom stereocenters. The molecule has 24 heavy (non-hydrogen) atoms. The lowest BCUT2D eigenvalue weighted by atomic mass is 10.1. The fourth-order valence-electron chi connectivity index (χ4n) is 2.58. The molecule has 1 aliphatic heterocycles. The van der Waals surface area contributed by atoms with Crippen LogP contribution in [0, 0.1) is 10.1 Å². The normalized spacial score (nSPS) is 18.2. The van der Waals surface area contributed by atoms with Crippen LogP contribution in [0.15, 0.2) is 12.3 Å². The summed E-state index contributed by atoms with van der Waals surface area (Å²) in [5.74, 6) is 0. The Morgan fingerprint density at radius 3 is 2.88 bits per heavy atom. The predicted octanol–water partition coefficient (Wildman–Crippen LogP) is 3.14. The molecule has 0 aromatic carbocycles. The predicted molar refractivity (Wildman–Crippen MR) is 90.5 cm³/mol. The standard InChI is InChI=1S/C15H21ClN4O4/c1-15(2,3)18-14(21)24-10-5-4-8-19(9-10)11-6-7-17-13(16)12(11)20(22)23/h6-7,10H,4-5,8-9H2,1-3H3,(H,18,21). The number of hydrogen-bond donors (Lipinski definition) is 1. The Bertz CT molecular complexity index is 632. The maximum Gasteiger partial charge on any atom is 0.407 e. The number of carbonyl (C=O) groups excluding carboxylic acids is 1. The number of nitrogens with one attached hydrogen (secondary N) is 1. The maximum atomic E-state index is 11.9. The molecule has 1 fully saturated rings. The molecule has 0 bridgehead atoms. The number of anilines is 1. The molecule has 1 N–H and O–H groups in total. The number of ether oxygens (including phenoxy) is 1. The number of halogens is 1. The van der Waals surface area contributed by atoms with Gasteiger partial charge in [-0.1, -0.05) is 11.6 Å². The van der Waals surface area contributed by atoms with Crippen molar-refractivity contribution in [2.24, 2.45) is 0 Å². The zero-order valence-electron chi connectivity index (χ0n) is 13.9. The molecular weight excluding hydrogens is 336 g/mol. The van der Waals surface area contributed by atoms with E-state index in [9.17, 15) is 14.9 Å². The van der Waals surface area contributed by atoms with Crippen LogP contribution in [-0.4, -0.2) is 40.7 Å². The second-order valence-corrected chi connectivity index (χ2v) is 7.08. The lowest BCUT2D eigenvalue weighted by molar-refractivity contribution is -0.384. The Labute approximate surface area is 145 Å². The smallest absolute Gasteiger partial charge is 0.407 e. The first-order chi connectivity index (χ1) is 11.2. The van der Waals surface area contributed by atoms with Crippen molar-refractivity contribution in [3.8, 4) is 0 Å². The van der Waals surface area contributed by atoms with Gasteiger partial charge in [0.25, 0.3) is 0 Å². The molecule has 8 nitrogen and oxygen atoms in total. The lowest BCUT2D eigenvalue weighted by Gasteiger charge is -2.34. The highest BCUT2D eigenvalue weighted by atomic mass is 35.5.